The summed E-state index contributed by atoms with van der Waals surface area (Å²) in [6.07, 6.45) is 1.26. The molecule has 9 heteroatoms. The van der Waals surface area contributed by atoms with Crippen molar-refractivity contribution in [1.82, 2.24) is 0 Å². The molecule has 2 aromatic carbocycles. The Hall–Kier alpha value is -2.94. The van der Waals surface area contributed by atoms with Crippen LogP contribution in [-0.4, -0.2) is 25.8 Å². The molecule has 0 atom stereocenters. The lowest BCUT2D eigenvalue weighted by Gasteiger charge is -2.31. The van der Waals surface area contributed by atoms with Crippen molar-refractivity contribution in [3.05, 3.63) is 58.1 Å². The van der Waals surface area contributed by atoms with Crippen molar-refractivity contribution in [3.63, 3.8) is 0 Å². The molecule has 0 bridgehead atoms. The van der Waals surface area contributed by atoms with Crippen molar-refractivity contribution in [2.45, 2.75) is 24.7 Å². The van der Waals surface area contributed by atoms with Crippen LogP contribution in [0.25, 0.3) is 0 Å². The van der Waals surface area contributed by atoms with Gasteiger partial charge < -0.3 is 5.32 Å². The van der Waals surface area contributed by atoms with Crippen LogP contribution in [0.15, 0.2) is 47.4 Å². The summed E-state index contributed by atoms with van der Waals surface area (Å²) >= 11 is 0. The topological polar surface area (TPSA) is 110 Å². The van der Waals surface area contributed by atoms with Gasteiger partial charge in [-0.05, 0) is 37.1 Å². The Bertz CT molecular complexity index is 970. The van der Waals surface area contributed by atoms with Crippen molar-refractivity contribution in [3.8, 4) is 0 Å². The first-order valence-electron chi connectivity index (χ1n) is 7.97. The van der Waals surface area contributed by atoms with E-state index in [9.17, 15) is 23.3 Å². The Balaban J connectivity index is 2.03. The number of fused-ring (bicyclic) bond motifs is 1. The Kier molecular flexibility index (Phi) is 4.64. The fraction of sp³-hybridized carbons (Fsp3) is 0.235. The lowest BCUT2D eigenvalue weighted by molar-refractivity contribution is -0.384. The minimum Gasteiger partial charge on any atom is -0.326 e. The molecule has 1 amide bonds. The first-order chi connectivity index (χ1) is 12.3. The Labute approximate surface area is 150 Å². The molecule has 136 valence electrons. The third-order valence-corrected chi connectivity index (χ3v) is 5.98. The first kappa shape index (κ1) is 17.9. The summed E-state index contributed by atoms with van der Waals surface area (Å²) in [7, 11) is -3.87. The van der Waals surface area contributed by atoms with Gasteiger partial charge in [0.15, 0.2) is 0 Å². The normalized spacial score (nSPS) is 13.8. The van der Waals surface area contributed by atoms with Gasteiger partial charge in [-0.1, -0.05) is 6.07 Å². The number of hydrogen-bond donors (Lipinski definition) is 1. The van der Waals surface area contributed by atoms with Crippen molar-refractivity contribution in [1.29, 1.82) is 0 Å². The second kappa shape index (κ2) is 6.75. The van der Waals surface area contributed by atoms with Crippen LogP contribution in [0.1, 0.15) is 18.9 Å². The zero-order valence-electron chi connectivity index (χ0n) is 14.0. The summed E-state index contributed by atoms with van der Waals surface area (Å²) in [6, 6.07) is 9.94. The maximum Gasteiger partial charge on any atom is 0.269 e. The summed E-state index contributed by atoms with van der Waals surface area (Å²) in [5.41, 5.74) is 1.70. The zero-order chi connectivity index (χ0) is 18.9. The number of rotatable bonds is 4. The molecule has 3 rings (SSSR count). The van der Waals surface area contributed by atoms with E-state index >= 15 is 0 Å². The standard InChI is InChI=1S/C17H17N3O5S/c1-12(21)18-16-5-2-6-17-15(16)4-3-11-19(17)26(24,25)14-9-7-13(8-10-14)20(22)23/h2,5-10H,3-4,11H2,1H3,(H,18,21). The smallest absolute Gasteiger partial charge is 0.269 e. The fourth-order valence-electron chi connectivity index (χ4n) is 3.01. The summed E-state index contributed by atoms with van der Waals surface area (Å²) in [5.74, 6) is -0.228. The molecule has 1 aliphatic heterocycles. The monoisotopic (exact) mass is 375 g/mol. The highest BCUT2D eigenvalue weighted by Gasteiger charge is 2.30. The van der Waals surface area contributed by atoms with E-state index in [-0.39, 0.29) is 16.5 Å². The number of hydrogen-bond acceptors (Lipinski definition) is 5. The highest BCUT2D eigenvalue weighted by Crippen LogP contribution is 2.36. The predicted octanol–water partition coefficient (Wildman–Crippen LogP) is 2.69. The molecule has 0 radical (unpaired) electrons. The molecule has 0 unspecified atom stereocenters. The number of non-ortho nitro benzene ring substituents is 1. The zero-order valence-corrected chi connectivity index (χ0v) is 14.8. The number of nitrogens with one attached hydrogen (secondary N) is 1. The van der Waals surface area contributed by atoms with Gasteiger partial charge in [-0.25, -0.2) is 8.42 Å². The lowest BCUT2D eigenvalue weighted by atomic mass is 10.0. The molecular formula is C17H17N3O5S. The Morgan fingerprint density at radius 2 is 1.88 bits per heavy atom. The van der Waals surface area contributed by atoms with Crippen molar-refractivity contribution in [2.24, 2.45) is 0 Å². The number of carbonyl (C=O) groups excluding carboxylic acids is 1. The average Bonchev–Trinajstić information content (AvgIpc) is 2.61. The van der Waals surface area contributed by atoms with Gasteiger partial charge in [0, 0.05) is 36.9 Å². The molecule has 0 saturated heterocycles. The quantitative estimate of drug-likeness (QED) is 0.653. The third-order valence-electron chi connectivity index (χ3n) is 4.15. The van der Waals surface area contributed by atoms with E-state index in [0.29, 0.717) is 30.8 Å². The number of amides is 1. The number of nitrogens with zero attached hydrogens (tertiary/aromatic N) is 2. The molecule has 0 fully saturated rings. The summed E-state index contributed by atoms with van der Waals surface area (Å²) in [5, 5.41) is 13.5. The Morgan fingerprint density at radius 3 is 2.50 bits per heavy atom. The molecule has 1 N–H and O–H groups in total. The molecule has 26 heavy (non-hydrogen) atoms. The van der Waals surface area contributed by atoms with Crippen LogP contribution in [0.2, 0.25) is 0 Å². The van der Waals surface area contributed by atoms with Gasteiger partial charge in [0.25, 0.3) is 15.7 Å². The number of anilines is 2. The van der Waals surface area contributed by atoms with Crippen LogP contribution in [0.3, 0.4) is 0 Å². The molecule has 1 heterocycles. The molecular weight excluding hydrogens is 358 g/mol. The maximum atomic E-state index is 13.0. The minimum absolute atomic E-state index is 0.0131. The molecule has 0 aliphatic carbocycles. The summed E-state index contributed by atoms with van der Waals surface area (Å²) < 4.78 is 27.4. The highest BCUT2D eigenvalue weighted by atomic mass is 32.2. The SMILES string of the molecule is CC(=O)Nc1cccc2c1CCCN2S(=O)(=O)c1ccc([N+](=O)[O-])cc1. The molecule has 0 aromatic heterocycles. The van der Waals surface area contributed by atoms with Crippen LogP contribution < -0.4 is 9.62 Å². The number of benzene rings is 2. The van der Waals surface area contributed by atoms with Gasteiger partial charge in [0.05, 0.1) is 15.5 Å². The van der Waals surface area contributed by atoms with Gasteiger partial charge in [0.2, 0.25) is 5.91 Å². The lowest BCUT2D eigenvalue weighted by Crippen LogP contribution is -2.35. The second-order valence-electron chi connectivity index (χ2n) is 5.92. The van der Waals surface area contributed by atoms with Crippen molar-refractivity contribution < 1.29 is 18.1 Å². The van der Waals surface area contributed by atoms with Gasteiger partial charge in [0.1, 0.15) is 0 Å². The van der Waals surface area contributed by atoms with Crippen LogP contribution in [0.4, 0.5) is 17.1 Å². The van der Waals surface area contributed by atoms with Crippen LogP contribution in [0.5, 0.6) is 0 Å². The van der Waals surface area contributed by atoms with E-state index in [4.69, 9.17) is 0 Å². The molecule has 1 aliphatic rings. The van der Waals surface area contributed by atoms with E-state index in [1.165, 1.54) is 35.5 Å². The summed E-state index contributed by atoms with van der Waals surface area (Å²) in [4.78, 5) is 21.6. The molecule has 2 aromatic rings. The van der Waals surface area contributed by atoms with E-state index in [2.05, 4.69) is 5.32 Å². The second-order valence-corrected chi connectivity index (χ2v) is 7.78. The number of sulfonamides is 1. The molecule has 8 nitrogen and oxygen atoms in total. The van der Waals surface area contributed by atoms with Crippen LogP contribution in [0, 0.1) is 10.1 Å². The van der Waals surface area contributed by atoms with E-state index in [1.807, 2.05) is 0 Å². The number of carbonyl (C=O) groups is 1. The molecule has 0 saturated carbocycles. The van der Waals surface area contributed by atoms with E-state index < -0.39 is 14.9 Å². The highest BCUT2D eigenvalue weighted by molar-refractivity contribution is 7.92. The Morgan fingerprint density at radius 1 is 1.19 bits per heavy atom. The summed E-state index contributed by atoms with van der Waals surface area (Å²) in [6.45, 7) is 1.70. The fourth-order valence-corrected chi connectivity index (χ4v) is 4.55. The van der Waals surface area contributed by atoms with Crippen molar-refractivity contribution in [2.75, 3.05) is 16.2 Å². The minimum atomic E-state index is -3.87. The maximum absolute atomic E-state index is 13.0. The van der Waals surface area contributed by atoms with Crippen molar-refractivity contribution >= 4 is 33.0 Å². The van der Waals surface area contributed by atoms with Crippen LogP contribution in [-0.2, 0) is 21.2 Å². The predicted molar refractivity (Wildman–Crippen MR) is 96.7 cm³/mol. The number of nitro benzene ring substituents is 1. The largest absolute Gasteiger partial charge is 0.326 e. The van der Waals surface area contributed by atoms with Crippen LogP contribution >= 0.6 is 0 Å². The van der Waals surface area contributed by atoms with E-state index in [1.54, 1.807) is 18.2 Å². The third kappa shape index (κ3) is 3.25. The van der Waals surface area contributed by atoms with Gasteiger partial charge >= 0.3 is 0 Å². The van der Waals surface area contributed by atoms with Gasteiger partial charge in [-0.3, -0.25) is 19.2 Å². The molecule has 0 spiro atoms. The van der Waals surface area contributed by atoms with E-state index in [0.717, 1.165) is 5.56 Å². The van der Waals surface area contributed by atoms with Gasteiger partial charge in [-0.15, -0.1) is 0 Å². The number of nitro groups is 1. The first-order valence-corrected chi connectivity index (χ1v) is 9.41. The average molecular weight is 375 g/mol. The van der Waals surface area contributed by atoms with Gasteiger partial charge in [-0.2, -0.15) is 0 Å².